The number of carbonyl (C=O) groups is 1. The van der Waals surface area contributed by atoms with Gasteiger partial charge in [0.05, 0.1) is 0 Å². The van der Waals surface area contributed by atoms with Crippen molar-refractivity contribution in [1.29, 1.82) is 0 Å². The Kier molecular flexibility index (Phi) is 6.91. The van der Waals surface area contributed by atoms with Crippen molar-refractivity contribution >= 4 is 5.91 Å². The van der Waals surface area contributed by atoms with Crippen LogP contribution >= 0.6 is 0 Å². The minimum atomic E-state index is 0.0537. The fourth-order valence-corrected chi connectivity index (χ4v) is 3.11. The summed E-state index contributed by atoms with van der Waals surface area (Å²) >= 11 is 0. The van der Waals surface area contributed by atoms with E-state index < -0.39 is 0 Å². The Morgan fingerprint density at radius 3 is 2.41 bits per heavy atom. The van der Waals surface area contributed by atoms with E-state index in [-0.39, 0.29) is 5.91 Å². The third-order valence-electron chi connectivity index (χ3n) is 4.64. The predicted molar refractivity (Wildman–Crippen MR) is 92.0 cm³/mol. The molecule has 2 rings (SSSR count). The molecule has 3 N–H and O–H groups in total. The van der Waals surface area contributed by atoms with E-state index in [9.17, 15) is 4.79 Å². The molecule has 0 unspecified atom stereocenters. The predicted octanol–water partition coefficient (Wildman–Crippen LogP) is 3.81. The standard InChI is InChI=1S/C19H30N2O/c1-2-3-4-5-6-15-7-9-16(10-8-15)19(22)21-18-13-11-17(20)12-14-18/h7-10,17-18H,2-6,11-14,20H2,1H3,(H,21,22). The summed E-state index contributed by atoms with van der Waals surface area (Å²) in [5.41, 5.74) is 8.00. The summed E-state index contributed by atoms with van der Waals surface area (Å²) in [6.07, 6.45) is 10.3. The first-order chi connectivity index (χ1) is 10.7. The van der Waals surface area contributed by atoms with E-state index in [0.717, 1.165) is 37.7 Å². The van der Waals surface area contributed by atoms with Gasteiger partial charge in [-0.25, -0.2) is 0 Å². The van der Waals surface area contributed by atoms with Crippen molar-refractivity contribution in [2.45, 2.75) is 76.8 Å². The number of carbonyl (C=O) groups excluding carboxylic acids is 1. The number of amides is 1. The molecular formula is C19H30N2O. The lowest BCUT2D eigenvalue weighted by atomic mass is 9.91. The van der Waals surface area contributed by atoms with Gasteiger partial charge in [0.1, 0.15) is 0 Å². The van der Waals surface area contributed by atoms with E-state index in [1.54, 1.807) is 0 Å². The van der Waals surface area contributed by atoms with Gasteiger partial charge in [-0.05, 0) is 56.2 Å². The quantitative estimate of drug-likeness (QED) is 0.753. The van der Waals surface area contributed by atoms with Crippen LogP contribution in [0.4, 0.5) is 0 Å². The van der Waals surface area contributed by atoms with E-state index in [1.807, 2.05) is 12.1 Å². The Hall–Kier alpha value is -1.35. The summed E-state index contributed by atoms with van der Waals surface area (Å²) in [6.45, 7) is 2.23. The molecule has 1 aromatic carbocycles. The summed E-state index contributed by atoms with van der Waals surface area (Å²) in [5.74, 6) is 0.0537. The molecule has 0 atom stereocenters. The molecule has 1 aliphatic carbocycles. The zero-order valence-corrected chi connectivity index (χ0v) is 13.8. The van der Waals surface area contributed by atoms with Crippen LogP contribution in [0.1, 0.15) is 74.2 Å². The molecule has 22 heavy (non-hydrogen) atoms. The number of nitrogens with two attached hydrogens (primary N) is 1. The third-order valence-corrected chi connectivity index (χ3v) is 4.64. The molecule has 0 saturated heterocycles. The molecule has 0 bridgehead atoms. The van der Waals surface area contributed by atoms with Crippen LogP contribution < -0.4 is 11.1 Å². The molecule has 1 aromatic rings. The number of nitrogens with one attached hydrogen (secondary N) is 1. The van der Waals surface area contributed by atoms with E-state index in [2.05, 4.69) is 24.4 Å². The van der Waals surface area contributed by atoms with Gasteiger partial charge in [-0.15, -0.1) is 0 Å². The van der Waals surface area contributed by atoms with Crippen molar-refractivity contribution in [2.24, 2.45) is 5.73 Å². The number of hydrogen-bond acceptors (Lipinski definition) is 2. The second-order valence-corrected chi connectivity index (χ2v) is 6.59. The van der Waals surface area contributed by atoms with Crippen molar-refractivity contribution in [3.8, 4) is 0 Å². The van der Waals surface area contributed by atoms with Crippen molar-refractivity contribution in [3.05, 3.63) is 35.4 Å². The number of unbranched alkanes of at least 4 members (excludes halogenated alkanes) is 3. The normalized spacial score (nSPS) is 21.5. The molecule has 1 fully saturated rings. The van der Waals surface area contributed by atoms with Crippen LogP contribution in [0.3, 0.4) is 0 Å². The maximum absolute atomic E-state index is 12.3. The average Bonchev–Trinajstić information content (AvgIpc) is 2.54. The molecule has 0 aliphatic heterocycles. The van der Waals surface area contributed by atoms with E-state index >= 15 is 0 Å². The first-order valence-corrected chi connectivity index (χ1v) is 8.84. The maximum Gasteiger partial charge on any atom is 0.251 e. The Morgan fingerprint density at radius 1 is 1.09 bits per heavy atom. The highest BCUT2D eigenvalue weighted by Gasteiger charge is 2.20. The second kappa shape index (κ2) is 8.94. The number of benzene rings is 1. The topological polar surface area (TPSA) is 55.1 Å². The molecular weight excluding hydrogens is 272 g/mol. The highest BCUT2D eigenvalue weighted by atomic mass is 16.1. The molecule has 1 saturated carbocycles. The van der Waals surface area contributed by atoms with Crippen molar-refractivity contribution in [3.63, 3.8) is 0 Å². The Balaban J connectivity index is 1.78. The van der Waals surface area contributed by atoms with Crippen LogP contribution in [0.2, 0.25) is 0 Å². The van der Waals surface area contributed by atoms with Gasteiger partial charge < -0.3 is 11.1 Å². The number of hydrogen-bond donors (Lipinski definition) is 2. The fourth-order valence-electron chi connectivity index (χ4n) is 3.11. The van der Waals surface area contributed by atoms with Gasteiger partial charge in [-0.2, -0.15) is 0 Å². The molecule has 3 heteroatoms. The lowest BCUT2D eigenvalue weighted by Gasteiger charge is -2.26. The molecule has 0 radical (unpaired) electrons. The van der Waals surface area contributed by atoms with Crippen LogP contribution in [-0.2, 0) is 6.42 Å². The summed E-state index contributed by atoms with van der Waals surface area (Å²) in [4.78, 5) is 12.3. The number of aryl methyl sites for hydroxylation is 1. The Morgan fingerprint density at radius 2 is 1.77 bits per heavy atom. The van der Waals surface area contributed by atoms with E-state index in [0.29, 0.717) is 12.1 Å². The summed E-state index contributed by atoms with van der Waals surface area (Å²) < 4.78 is 0. The molecule has 1 aliphatic rings. The van der Waals surface area contributed by atoms with Crippen LogP contribution in [0.5, 0.6) is 0 Å². The molecule has 1 amide bonds. The molecule has 0 heterocycles. The van der Waals surface area contributed by atoms with Crippen molar-refractivity contribution in [2.75, 3.05) is 0 Å². The average molecular weight is 302 g/mol. The lowest BCUT2D eigenvalue weighted by Crippen LogP contribution is -2.40. The minimum absolute atomic E-state index is 0.0537. The second-order valence-electron chi connectivity index (χ2n) is 6.59. The van der Waals surface area contributed by atoms with Gasteiger partial charge in [0, 0.05) is 17.6 Å². The van der Waals surface area contributed by atoms with Gasteiger partial charge in [0.25, 0.3) is 5.91 Å². The summed E-state index contributed by atoms with van der Waals surface area (Å²) in [7, 11) is 0. The molecule has 0 aromatic heterocycles. The molecule has 122 valence electrons. The molecule has 3 nitrogen and oxygen atoms in total. The largest absolute Gasteiger partial charge is 0.349 e. The van der Waals surface area contributed by atoms with Gasteiger partial charge in [0.15, 0.2) is 0 Å². The third kappa shape index (κ3) is 5.45. The smallest absolute Gasteiger partial charge is 0.251 e. The van der Waals surface area contributed by atoms with Crippen molar-refractivity contribution < 1.29 is 4.79 Å². The van der Waals surface area contributed by atoms with Gasteiger partial charge >= 0.3 is 0 Å². The minimum Gasteiger partial charge on any atom is -0.349 e. The van der Waals surface area contributed by atoms with Crippen LogP contribution in [-0.4, -0.2) is 18.0 Å². The van der Waals surface area contributed by atoms with Gasteiger partial charge in [0.2, 0.25) is 0 Å². The molecule has 0 spiro atoms. The zero-order chi connectivity index (χ0) is 15.8. The van der Waals surface area contributed by atoms with Crippen LogP contribution in [0, 0.1) is 0 Å². The lowest BCUT2D eigenvalue weighted by molar-refractivity contribution is 0.0926. The maximum atomic E-state index is 12.3. The van der Waals surface area contributed by atoms with Crippen LogP contribution in [0.15, 0.2) is 24.3 Å². The summed E-state index contributed by atoms with van der Waals surface area (Å²) in [6, 6.07) is 8.72. The van der Waals surface area contributed by atoms with E-state index in [4.69, 9.17) is 5.73 Å². The highest BCUT2D eigenvalue weighted by Crippen LogP contribution is 2.17. The Labute approximate surface area is 134 Å². The zero-order valence-electron chi connectivity index (χ0n) is 13.8. The van der Waals surface area contributed by atoms with Gasteiger partial charge in [-0.1, -0.05) is 38.3 Å². The summed E-state index contributed by atoms with van der Waals surface area (Å²) in [5, 5.41) is 3.14. The van der Waals surface area contributed by atoms with E-state index in [1.165, 1.54) is 31.2 Å². The monoisotopic (exact) mass is 302 g/mol. The van der Waals surface area contributed by atoms with Crippen molar-refractivity contribution in [1.82, 2.24) is 5.32 Å². The SMILES string of the molecule is CCCCCCc1ccc(C(=O)NC2CCC(N)CC2)cc1. The first-order valence-electron chi connectivity index (χ1n) is 8.84. The fraction of sp³-hybridized carbons (Fsp3) is 0.632. The first kappa shape index (κ1) is 17.0. The number of rotatable bonds is 7. The van der Waals surface area contributed by atoms with Crippen LogP contribution in [0.25, 0.3) is 0 Å². The van der Waals surface area contributed by atoms with Gasteiger partial charge in [-0.3, -0.25) is 4.79 Å². The highest BCUT2D eigenvalue weighted by molar-refractivity contribution is 5.94. The Bertz CT molecular complexity index is 447.